The highest BCUT2D eigenvalue weighted by atomic mass is 14.3. The second kappa shape index (κ2) is 6.49. The van der Waals surface area contributed by atoms with Crippen LogP contribution in [0.15, 0.2) is 66.7 Å². The molecule has 0 atom stereocenters. The van der Waals surface area contributed by atoms with Crippen LogP contribution in [0.4, 0.5) is 0 Å². The maximum atomic E-state index is 9.44. The van der Waals surface area contributed by atoms with Gasteiger partial charge < -0.3 is 0 Å². The van der Waals surface area contributed by atoms with Crippen LogP contribution >= 0.6 is 0 Å². The molecule has 3 aromatic rings. The molecule has 0 saturated carbocycles. The van der Waals surface area contributed by atoms with Crippen molar-refractivity contribution in [3.8, 4) is 40.5 Å². The summed E-state index contributed by atoms with van der Waals surface area (Å²) in [5, 5.41) is 27.9. The van der Waals surface area contributed by atoms with Gasteiger partial charge in [0.05, 0.1) is 34.9 Å². The number of nitriles is 3. The maximum Gasteiger partial charge on any atom is 0.0999 e. The first-order chi connectivity index (χ1) is 11.8. The molecule has 0 aliphatic carbocycles. The first-order valence-electron chi connectivity index (χ1n) is 7.31. The molecule has 0 fully saturated rings. The van der Waals surface area contributed by atoms with Crippen molar-refractivity contribution in [2.45, 2.75) is 0 Å². The standard InChI is InChI=1S/C21H11N3/c22-12-15-9-19(13-23)21(20(10-15)14-24)18-8-4-7-17(11-18)16-5-2-1-3-6-16/h1-11H. The van der Waals surface area contributed by atoms with E-state index < -0.39 is 0 Å². The molecule has 0 N–H and O–H groups in total. The lowest BCUT2D eigenvalue weighted by atomic mass is 9.91. The van der Waals surface area contributed by atoms with Gasteiger partial charge in [-0.25, -0.2) is 0 Å². The van der Waals surface area contributed by atoms with Gasteiger partial charge in [-0.1, -0.05) is 48.5 Å². The summed E-state index contributed by atoms with van der Waals surface area (Å²) in [7, 11) is 0. The van der Waals surface area contributed by atoms with E-state index in [1.165, 1.54) is 12.1 Å². The smallest absolute Gasteiger partial charge is 0.0999 e. The van der Waals surface area contributed by atoms with Gasteiger partial charge >= 0.3 is 0 Å². The van der Waals surface area contributed by atoms with Crippen LogP contribution in [0.5, 0.6) is 0 Å². The lowest BCUT2D eigenvalue weighted by molar-refractivity contribution is 1.41. The fourth-order valence-corrected chi connectivity index (χ4v) is 2.68. The SMILES string of the molecule is N#Cc1cc(C#N)c(-c2cccc(-c3ccccc3)c2)c(C#N)c1. The van der Waals surface area contributed by atoms with Gasteiger partial charge in [-0.15, -0.1) is 0 Å². The van der Waals surface area contributed by atoms with Gasteiger partial charge in [-0.2, -0.15) is 15.8 Å². The Morgan fingerprint density at radius 1 is 0.542 bits per heavy atom. The van der Waals surface area contributed by atoms with E-state index in [0.717, 1.165) is 16.7 Å². The highest BCUT2D eigenvalue weighted by molar-refractivity contribution is 5.81. The van der Waals surface area contributed by atoms with E-state index >= 15 is 0 Å². The Morgan fingerprint density at radius 3 is 1.71 bits per heavy atom. The van der Waals surface area contributed by atoms with Crippen molar-refractivity contribution in [2.24, 2.45) is 0 Å². The van der Waals surface area contributed by atoms with Crippen LogP contribution in [0.1, 0.15) is 16.7 Å². The molecule has 24 heavy (non-hydrogen) atoms. The number of hydrogen-bond acceptors (Lipinski definition) is 3. The molecule has 0 amide bonds. The van der Waals surface area contributed by atoms with Crippen molar-refractivity contribution in [3.63, 3.8) is 0 Å². The minimum Gasteiger partial charge on any atom is -0.192 e. The molecule has 3 nitrogen and oxygen atoms in total. The predicted molar refractivity (Wildman–Crippen MR) is 91.5 cm³/mol. The Labute approximate surface area is 140 Å². The van der Waals surface area contributed by atoms with E-state index in [9.17, 15) is 10.5 Å². The molecule has 3 heteroatoms. The zero-order chi connectivity index (χ0) is 16.9. The van der Waals surface area contributed by atoms with E-state index in [1.807, 2.05) is 60.7 Å². The van der Waals surface area contributed by atoms with E-state index in [4.69, 9.17) is 5.26 Å². The molecule has 0 aliphatic heterocycles. The van der Waals surface area contributed by atoms with Crippen molar-refractivity contribution >= 4 is 0 Å². The van der Waals surface area contributed by atoms with Gasteiger partial charge in [0.25, 0.3) is 0 Å². The summed E-state index contributed by atoms with van der Waals surface area (Å²) in [6.45, 7) is 0. The molecule has 0 saturated heterocycles. The van der Waals surface area contributed by atoms with Gasteiger partial charge in [-0.05, 0) is 34.9 Å². The third-order valence-electron chi connectivity index (χ3n) is 3.77. The average molecular weight is 305 g/mol. The van der Waals surface area contributed by atoms with Crippen molar-refractivity contribution in [2.75, 3.05) is 0 Å². The number of nitrogens with zero attached hydrogens (tertiary/aromatic N) is 3. The third kappa shape index (κ3) is 2.73. The predicted octanol–water partition coefficient (Wildman–Crippen LogP) is 4.64. The number of hydrogen-bond donors (Lipinski definition) is 0. The van der Waals surface area contributed by atoms with Gasteiger partial charge in [0.1, 0.15) is 0 Å². The quantitative estimate of drug-likeness (QED) is 0.692. The van der Waals surface area contributed by atoms with Crippen molar-refractivity contribution < 1.29 is 0 Å². The van der Waals surface area contributed by atoms with Gasteiger partial charge in [0, 0.05) is 5.56 Å². The van der Waals surface area contributed by atoms with Crippen LogP contribution in [-0.2, 0) is 0 Å². The average Bonchev–Trinajstić information content (AvgIpc) is 2.67. The van der Waals surface area contributed by atoms with Crippen LogP contribution in [0.2, 0.25) is 0 Å². The summed E-state index contributed by atoms with van der Waals surface area (Å²) in [5.41, 5.74) is 4.39. The largest absolute Gasteiger partial charge is 0.192 e. The van der Waals surface area contributed by atoms with E-state index in [1.54, 1.807) is 0 Å². The van der Waals surface area contributed by atoms with Crippen molar-refractivity contribution in [1.82, 2.24) is 0 Å². The second-order valence-corrected chi connectivity index (χ2v) is 5.23. The summed E-state index contributed by atoms with van der Waals surface area (Å²) in [5.74, 6) is 0. The van der Waals surface area contributed by atoms with Crippen LogP contribution in [0.3, 0.4) is 0 Å². The molecule has 3 aromatic carbocycles. The lowest BCUT2D eigenvalue weighted by Crippen LogP contribution is -1.93. The summed E-state index contributed by atoms with van der Waals surface area (Å²) >= 11 is 0. The van der Waals surface area contributed by atoms with E-state index in [-0.39, 0.29) is 0 Å². The molecule has 0 heterocycles. The summed E-state index contributed by atoms with van der Waals surface area (Å²) in [6.07, 6.45) is 0. The second-order valence-electron chi connectivity index (χ2n) is 5.23. The van der Waals surface area contributed by atoms with Gasteiger partial charge in [-0.3, -0.25) is 0 Å². The number of benzene rings is 3. The molecule has 0 aromatic heterocycles. The molecule has 110 valence electrons. The van der Waals surface area contributed by atoms with Crippen molar-refractivity contribution in [1.29, 1.82) is 15.8 Å². The zero-order valence-electron chi connectivity index (χ0n) is 12.7. The molecule has 0 unspecified atom stereocenters. The Morgan fingerprint density at radius 2 is 1.12 bits per heavy atom. The fourth-order valence-electron chi connectivity index (χ4n) is 2.68. The molecular formula is C21H11N3. The molecule has 0 radical (unpaired) electrons. The third-order valence-corrected chi connectivity index (χ3v) is 3.77. The fraction of sp³-hybridized carbons (Fsp3) is 0. The Hall–Kier alpha value is -3.87. The lowest BCUT2D eigenvalue weighted by Gasteiger charge is -2.10. The highest BCUT2D eigenvalue weighted by Crippen LogP contribution is 2.31. The normalized spacial score (nSPS) is 9.54. The summed E-state index contributed by atoms with van der Waals surface area (Å²) in [4.78, 5) is 0. The minimum atomic E-state index is 0.311. The van der Waals surface area contributed by atoms with Crippen LogP contribution < -0.4 is 0 Å². The van der Waals surface area contributed by atoms with E-state index in [2.05, 4.69) is 12.1 Å². The molecule has 3 rings (SSSR count). The van der Waals surface area contributed by atoms with Crippen LogP contribution in [0.25, 0.3) is 22.3 Å². The molecule has 0 aliphatic rings. The van der Waals surface area contributed by atoms with Gasteiger partial charge in [0.15, 0.2) is 0 Å². The van der Waals surface area contributed by atoms with Crippen LogP contribution in [-0.4, -0.2) is 0 Å². The summed E-state index contributed by atoms with van der Waals surface area (Å²) < 4.78 is 0. The maximum absolute atomic E-state index is 9.44. The number of rotatable bonds is 2. The molecular weight excluding hydrogens is 294 g/mol. The zero-order valence-corrected chi connectivity index (χ0v) is 12.7. The highest BCUT2D eigenvalue weighted by Gasteiger charge is 2.13. The van der Waals surface area contributed by atoms with Crippen LogP contribution in [0, 0.1) is 34.0 Å². The molecule has 0 bridgehead atoms. The minimum absolute atomic E-state index is 0.311. The first kappa shape index (κ1) is 15.0. The Kier molecular flexibility index (Phi) is 4.07. The Balaban J connectivity index is 2.23. The first-order valence-corrected chi connectivity index (χ1v) is 7.31. The van der Waals surface area contributed by atoms with Gasteiger partial charge in [0.2, 0.25) is 0 Å². The van der Waals surface area contributed by atoms with E-state index in [0.29, 0.717) is 22.3 Å². The monoisotopic (exact) mass is 305 g/mol. The summed E-state index contributed by atoms with van der Waals surface area (Å²) in [6, 6.07) is 26.8. The Bertz CT molecular complexity index is 994. The molecule has 0 spiro atoms. The van der Waals surface area contributed by atoms with Crippen molar-refractivity contribution in [3.05, 3.63) is 83.4 Å². The topological polar surface area (TPSA) is 71.4 Å².